The molecule has 2 saturated heterocycles. The summed E-state index contributed by atoms with van der Waals surface area (Å²) >= 11 is 0. The molecule has 2 aromatic rings. The molecule has 4 rings (SSSR count). The molecule has 7 heteroatoms. The van der Waals surface area contributed by atoms with Crippen molar-refractivity contribution in [3.63, 3.8) is 0 Å². The SMILES string of the molecule is FC(F)c1nc(N2CCN(C[C@@H]3CCCO3)CC2)c2ccccc2n1. The van der Waals surface area contributed by atoms with Gasteiger partial charge in [-0.15, -0.1) is 0 Å². The number of alkyl halides is 2. The molecule has 2 aliphatic rings. The molecule has 0 amide bonds. The number of ether oxygens (including phenoxy) is 1. The molecule has 134 valence electrons. The second-order valence-electron chi connectivity index (χ2n) is 6.65. The van der Waals surface area contributed by atoms with E-state index in [9.17, 15) is 8.78 Å². The zero-order valence-corrected chi connectivity index (χ0v) is 14.1. The number of anilines is 1. The summed E-state index contributed by atoms with van der Waals surface area (Å²) in [6.07, 6.45) is -0.0383. The monoisotopic (exact) mass is 348 g/mol. The summed E-state index contributed by atoms with van der Waals surface area (Å²) in [6, 6.07) is 7.37. The Morgan fingerprint density at radius 1 is 1.12 bits per heavy atom. The first kappa shape index (κ1) is 16.6. The van der Waals surface area contributed by atoms with E-state index in [1.165, 1.54) is 0 Å². The number of piperazine rings is 1. The van der Waals surface area contributed by atoms with Gasteiger partial charge in [0.05, 0.1) is 11.6 Å². The number of hydrogen-bond acceptors (Lipinski definition) is 5. The van der Waals surface area contributed by atoms with Crippen molar-refractivity contribution in [1.29, 1.82) is 0 Å². The predicted molar refractivity (Wildman–Crippen MR) is 92.1 cm³/mol. The van der Waals surface area contributed by atoms with E-state index >= 15 is 0 Å². The molecule has 0 radical (unpaired) electrons. The van der Waals surface area contributed by atoms with Crippen molar-refractivity contribution < 1.29 is 13.5 Å². The summed E-state index contributed by atoms with van der Waals surface area (Å²) in [5, 5.41) is 0.833. The average molecular weight is 348 g/mol. The second kappa shape index (κ2) is 7.17. The molecule has 1 aromatic heterocycles. The van der Waals surface area contributed by atoms with Crippen LogP contribution in [0.1, 0.15) is 25.1 Å². The summed E-state index contributed by atoms with van der Waals surface area (Å²) in [7, 11) is 0. The number of rotatable bonds is 4. The maximum absolute atomic E-state index is 13.2. The Hall–Kier alpha value is -1.86. The molecule has 0 unspecified atom stereocenters. The Morgan fingerprint density at radius 2 is 1.92 bits per heavy atom. The van der Waals surface area contributed by atoms with Crippen molar-refractivity contribution in [3.05, 3.63) is 30.1 Å². The van der Waals surface area contributed by atoms with Crippen LogP contribution in [0.2, 0.25) is 0 Å². The van der Waals surface area contributed by atoms with Crippen LogP contribution in [-0.4, -0.2) is 60.3 Å². The van der Waals surface area contributed by atoms with Gasteiger partial charge in [-0.1, -0.05) is 12.1 Å². The third-order valence-corrected chi connectivity index (χ3v) is 4.95. The minimum absolute atomic E-state index is 0.344. The topological polar surface area (TPSA) is 41.5 Å². The zero-order valence-electron chi connectivity index (χ0n) is 14.1. The summed E-state index contributed by atoms with van der Waals surface area (Å²) in [4.78, 5) is 12.7. The molecule has 0 aliphatic carbocycles. The summed E-state index contributed by atoms with van der Waals surface area (Å²) in [5.41, 5.74) is 0.574. The molecule has 1 aromatic carbocycles. The number of benzene rings is 1. The van der Waals surface area contributed by atoms with Gasteiger partial charge in [0.1, 0.15) is 5.82 Å². The van der Waals surface area contributed by atoms with Crippen molar-refractivity contribution in [3.8, 4) is 0 Å². The molecule has 0 spiro atoms. The molecular formula is C18H22F2N4O. The van der Waals surface area contributed by atoms with Gasteiger partial charge in [0, 0.05) is 44.7 Å². The molecule has 0 N–H and O–H groups in total. The summed E-state index contributed by atoms with van der Waals surface area (Å²) in [6.45, 7) is 5.16. The molecule has 5 nitrogen and oxygen atoms in total. The maximum atomic E-state index is 13.2. The standard InChI is InChI=1S/C18H22F2N4O/c19-16(20)17-21-15-6-2-1-5-14(15)18(22-17)24-9-7-23(8-10-24)12-13-4-3-11-25-13/h1-2,5-6,13,16H,3-4,7-12H2/t13-/m0/s1. The minimum atomic E-state index is -2.66. The molecule has 3 heterocycles. The molecule has 25 heavy (non-hydrogen) atoms. The summed E-state index contributed by atoms with van der Waals surface area (Å²) < 4.78 is 32.0. The lowest BCUT2D eigenvalue weighted by atomic mass is 10.2. The van der Waals surface area contributed by atoms with E-state index in [4.69, 9.17) is 4.74 Å². The first-order chi connectivity index (χ1) is 12.2. The lowest BCUT2D eigenvalue weighted by Gasteiger charge is -2.36. The first-order valence-electron chi connectivity index (χ1n) is 8.84. The van der Waals surface area contributed by atoms with E-state index in [2.05, 4.69) is 19.8 Å². The van der Waals surface area contributed by atoms with Crippen LogP contribution in [-0.2, 0) is 4.74 Å². The smallest absolute Gasteiger partial charge is 0.297 e. The van der Waals surface area contributed by atoms with Crippen LogP contribution in [0.15, 0.2) is 24.3 Å². The predicted octanol–water partition coefficient (Wildman–Crippen LogP) is 2.87. The van der Waals surface area contributed by atoms with Gasteiger partial charge in [-0.2, -0.15) is 0 Å². The highest BCUT2D eigenvalue weighted by Gasteiger charge is 2.25. The second-order valence-corrected chi connectivity index (χ2v) is 6.65. The molecule has 2 aliphatic heterocycles. The fourth-order valence-electron chi connectivity index (χ4n) is 3.63. The molecule has 1 atom stereocenters. The number of halogens is 2. The van der Waals surface area contributed by atoms with Gasteiger partial charge >= 0.3 is 0 Å². The Labute approximate surface area is 145 Å². The molecule has 2 fully saturated rings. The van der Waals surface area contributed by atoms with Gasteiger partial charge in [0.2, 0.25) is 0 Å². The van der Waals surface area contributed by atoms with E-state index in [-0.39, 0.29) is 0 Å². The fraction of sp³-hybridized carbons (Fsp3) is 0.556. The van der Waals surface area contributed by atoms with Gasteiger partial charge in [-0.3, -0.25) is 4.90 Å². The van der Waals surface area contributed by atoms with Gasteiger partial charge in [0.25, 0.3) is 6.43 Å². The highest BCUT2D eigenvalue weighted by Crippen LogP contribution is 2.28. The Kier molecular flexibility index (Phi) is 4.76. The van der Waals surface area contributed by atoms with Crippen LogP contribution in [0.5, 0.6) is 0 Å². The van der Waals surface area contributed by atoms with Gasteiger partial charge in [-0.05, 0) is 25.0 Å². The normalized spacial score (nSPS) is 22.2. The van der Waals surface area contributed by atoms with Crippen molar-refractivity contribution in [2.45, 2.75) is 25.4 Å². The third-order valence-electron chi connectivity index (χ3n) is 4.95. The number of para-hydroxylation sites is 1. The Balaban J connectivity index is 1.52. The van der Waals surface area contributed by atoms with E-state index < -0.39 is 12.2 Å². The lowest BCUT2D eigenvalue weighted by Crippen LogP contribution is -2.48. The zero-order chi connectivity index (χ0) is 17.2. The summed E-state index contributed by atoms with van der Waals surface area (Å²) in [5.74, 6) is 0.230. The van der Waals surface area contributed by atoms with Crippen LogP contribution >= 0.6 is 0 Å². The highest BCUT2D eigenvalue weighted by molar-refractivity contribution is 5.89. The molecular weight excluding hydrogens is 326 g/mol. The van der Waals surface area contributed by atoms with E-state index in [1.807, 2.05) is 18.2 Å². The maximum Gasteiger partial charge on any atom is 0.297 e. The Bertz CT molecular complexity index is 728. The molecule has 0 bridgehead atoms. The van der Waals surface area contributed by atoms with Gasteiger partial charge in [0.15, 0.2) is 5.82 Å². The van der Waals surface area contributed by atoms with Crippen LogP contribution in [0.3, 0.4) is 0 Å². The number of fused-ring (bicyclic) bond motifs is 1. The number of aromatic nitrogens is 2. The fourth-order valence-corrected chi connectivity index (χ4v) is 3.63. The van der Waals surface area contributed by atoms with Crippen molar-refractivity contribution >= 4 is 16.7 Å². The quantitative estimate of drug-likeness (QED) is 0.850. The van der Waals surface area contributed by atoms with Gasteiger partial charge in [-0.25, -0.2) is 18.7 Å². The van der Waals surface area contributed by atoms with Crippen LogP contribution in [0.4, 0.5) is 14.6 Å². The number of nitrogens with zero attached hydrogens (tertiary/aromatic N) is 4. The van der Waals surface area contributed by atoms with Crippen molar-refractivity contribution in [2.24, 2.45) is 0 Å². The van der Waals surface area contributed by atoms with Gasteiger partial charge < -0.3 is 9.64 Å². The van der Waals surface area contributed by atoms with Crippen LogP contribution < -0.4 is 4.90 Å². The first-order valence-corrected chi connectivity index (χ1v) is 8.84. The third kappa shape index (κ3) is 3.57. The van der Waals surface area contributed by atoms with Crippen molar-refractivity contribution in [2.75, 3.05) is 44.2 Å². The highest BCUT2D eigenvalue weighted by atomic mass is 19.3. The van der Waals surface area contributed by atoms with Crippen LogP contribution in [0, 0.1) is 0 Å². The van der Waals surface area contributed by atoms with E-state index in [0.717, 1.165) is 57.6 Å². The molecule has 0 saturated carbocycles. The van der Waals surface area contributed by atoms with E-state index in [0.29, 0.717) is 17.4 Å². The largest absolute Gasteiger partial charge is 0.377 e. The minimum Gasteiger partial charge on any atom is -0.377 e. The lowest BCUT2D eigenvalue weighted by molar-refractivity contribution is 0.0712. The van der Waals surface area contributed by atoms with Crippen LogP contribution in [0.25, 0.3) is 10.9 Å². The Morgan fingerprint density at radius 3 is 2.64 bits per heavy atom. The van der Waals surface area contributed by atoms with Crippen molar-refractivity contribution in [1.82, 2.24) is 14.9 Å². The number of hydrogen-bond donors (Lipinski definition) is 0. The average Bonchev–Trinajstić information content (AvgIpc) is 3.14. The van der Waals surface area contributed by atoms with E-state index in [1.54, 1.807) is 6.07 Å².